The van der Waals surface area contributed by atoms with Crippen molar-refractivity contribution in [2.24, 2.45) is 0 Å². The summed E-state index contributed by atoms with van der Waals surface area (Å²) < 4.78 is 25.0. The third-order valence-corrected chi connectivity index (χ3v) is 3.41. The van der Waals surface area contributed by atoms with E-state index in [0.717, 1.165) is 10.1 Å². The molecule has 0 bridgehead atoms. The van der Waals surface area contributed by atoms with Gasteiger partial charge in [-0.3, -0.25) is 0 Å². The van der Waals surface area contributed by atoms with E-state index in [0.29, 0.717) is 5.69 Å². The number of hydrogen-bond donors (Lipinski definition) is 0. The molecule has 0 aliphatic heterocycles. The highest BCUT2D eigenvalue weighted by molar-refractivity contribution is 9.10. The number of rotatable bonds is 2. The van der Waals surface area contributed by atoms with Gasteiger partial charge in [-0.25, -0.2) is 13.4 Å². The first-order chi connectivity index (χ1) is 6.97. The first kappa shape index (κ1) is 10.6. The van der Waals surface area contributed by atoms with Crippen LogP contribution in [-0.2, 0) is 15.6 Å². The summed E-state index contributed by atoms with van der Waals surface area (Å²) in [5.41, 5.74) is 1.41. The van der Waals surface area contributed by atoms with Gasteiger partial charge < -0.3 is 4.40 Å². The zero-order chi connectivity index (χ0) is 11.1. The van der Waals surface area contributed by atoms with Crippen LogP contribution < -0.4 is 0 Å². The Balaban J connectivity index is 2.60. The maximum atomic E-state index is 11.2. The molecule has 0 atom stereocenters. The Labute approximate surface area is 96.0 Å². The highest BCUT2D eigenvalue weighted by Crippen LogP contribution is 2.18. The molecule has 0 radical (unpaired) electrons. The monoisotopic (exact) mass is 288 g/mol. The normalized spacial score (nSPS) is 12.1. The average molecular weight is 289 g/mol. The van der Waals surface area contributed by atoms with Gasteiger partial charge in [-0.15, -0.1) is 0 Å². The second kappa shape index (κ2) is 3.61. The number of imidazole rings is 1. The largest absolute Gasteiger partial charge is 0.302 e. The highest BCUT2D eigenvalue weighted by Gasteiger charge is 2.10. The number of aromatic nitrogens is 2. The van der Waals surface area contributed by atoms with E-state index in [-0.39, 0.29) is 5.75 Å². The maximum absolute atomic E-state index is 11.2. The van der Waals surface area contributed by atoms with Gasteiger partial charge in [-0.1, -0.05) is 0 Å². The fourth-order valence-electron chi connectivity index (χ4n) is 1.40. The van der Waals surface area contributed by atoms with Crippen molar-refractivity contribution in [3.63, 3.8) is 0 Å². The zero-order valence-electron chi connectivity index (χ0n) is 8.01. The van der Waals surface area contributed by atoms with E-state index in [1.807, 2.05) is 12.1 Å². The summed E-state index contributed by atoms with van der Waals surface area (Å²) in [6.07, 6.45) is 4.60. The molecule has 0 aromatic carbocycles. The Hall–Kier alpha value is -0.880. The Morgan fingerprint density at radius 2 is 2.27 bits per heavy atom. The molecule has 2 aromatic rings. The van der Waals surface area contributed by atoms with Crippen molar-refractivity contribution in [3.05, 3.63) is 34.7 Å². The number of sulfone groups is 1. The van der Waals surface area contributed by atoms with Crippen molar-refractivity contribution in [1.82, 2.24) is 9.38 Å². The van der Waals surface area contributed by atoms with Crippen LogP contribution in [0.3, 0.4) is 0 Å². The molecule has 0 fully saturated rings. The molecule has 2 aromatic heterocycles. The molecule has 80 valence electrons. The van der Waals surface area contributed by atoms with E-state index in [1.54, 1.807) is 16.8 Å². The summed E-state index contributed by atoms with van der Waals surface area (Å²) in [4.78, 5) is 4.15. The molecule has 0 aliphatic carbocycles. The lowest BCUT2D eigenvalue weighted by atomic mass is 10.4. The molecule has 15 heavy (non-hydrogen) atoms. The lowest BCUT2D eigenvalue weighted by Crippen LogP contribution is -2.03. The summed E-state index contributed by atoms with van der Waals surface area (Å²) in [7, 11) is -3.03. The molecule has 0 unspecified atom stereocenters. The van der Waals surface area contributed by atoms with Crippen LogP contribution in [0.25, 0.3) is 5.65 Å². The Kier molecular flexibility index (Phi) is 2.56. The van der Waals surface area contributed by atoms with Gasteiger partial charge in [0.25, 0.3) is 0 Å². The van der Waals surface area contributed by atoms with Crippen LogP contribution in [0.4, 0.5) is 0 Å². The van der Waals surface area contributed by atoms with E-state index in [9.17, 15) is 8.42 Å². The standard InChI is InChI=1S/C9H9BrN2O2S/c1-15(13,14)6-7-5-11-9-8(10)3-2-4-12(7)9/h2-5H,6H2,1H3. The van der Waals surface area contributed by atoms with Crippen LogP contribution in [0, 0.1) is 0 Å². The van der Waals surface area contributed by atoms with E-state index in [1.165, 1.54) is 6.26 Å². The van der Waals surface area contributed by atoms with Crippen molar-refractivity contribution in [2.75, 3.05) is 6.26 Å². The summed E-state index contributed by atoms with van der Waals surface area (Å²) >= 11 is 3.36. The average Bonchev–Trinajstić information content (AvgIpc) is 2.48. The Morgan fingerprint density at radius 3 is 2.93 bits per heavy atom. The molecule has 0 N–H and O–H groups in total. The van der Waals surface area contributed by atoms with Crippen LogP contribution in [-0.4, -0.2) is 24.1 Å². The lowest BCUT2D eigenvalue weighted by Gasteiger charge is -2.00. The van der Waals surface area contributed by atoms with E-state index in [2.05, 4.69) is 20.9 Å². The highest BCUT2D eigenvalue weighted by atomic mass is 79.9. The molecule has 0 saturated carbocycles. The Morgan fingerprint density at radius 1 is 1.53 bits per heavy atom. The van der Waals surface area contributed by atoms with Gasteiger partial charge in [0.2, 0.25) is 0 Å². The van der Waals surface area contributed by atoms with Crippen molar-refractivity contribution >= 4 is 31.4 Å². The minimum Gasteiger partial charge on any atom is -0.302 e. The van der Waals surface area contributed by atoms with Gasteiger partial charge >= 0.3 is 0 Å². The lowest BCUT2D eigenvalue weighted by molar-refractivity contribution is 0.600. The van der Waals surface area contributed by atoms with Gasteiger partial charge in [0.05, 0.1) is 22.1 Å². The molecule has 2 heterocycles. The van der Waals surface area contributed by atoms with Gasteiger partial charge in [0, 0.05) is 12.5 Å². The van der Waals surface area contributed by atoms with Gasteiger partial charge in [-0.2, -0.15) is 0 Å². The number of fused-ring (bicyclic) bond motifs is 1. The first-order valence-electron chi connectivity index (χ1n) is 4.25. The molecule has 2 rings (SSSR count). The molecule has 0 amide bonds. The van der Waals surface area contributed by atoms with Gasteiger partial charge in [-0.05, 0) is 28.1 Å². The number of hydrogen-bond acceptors (Lipinski definition) is 3. The predicted molar refractivity (Wildman–Crippen MR) is 61.4 cm³/mol. The predicted octanol–water partition coefficient (Wildman–Crippen LogP) is 1.64. The van der Waals surface area contributed by atoms with Gasteiger partial charge in [0.15, 0.2) is 15.5 Å². The van der Waals surface area contributed by atoms with E-state index >= 15 is 0 Å². The first-order valence-corrected chi connectivity index (χ1v) is 7.11. The molecule has 4 nitrogen and oxygen atoms in total. The topological polar surface area (TPSA) is 51.4 Å². The molecular formula is C9H9BrN2O2S. The third kappa shape index (κ3) is 2.21. The summed E-state index contributed by atoms with van der Waals surface area (Å²) in [6, 6.07) is 3.71. The molecule has 0 saturated heterocycles. The Bertz CT molecular complexity index is 604. The van der Waals surface area contributed by atoms with Crippen molar-refractivity contribution in [2.45, 2.75) is 5.75 Å². The van der Waals surface area contributed by atoms with Crippen molar-refractivity contribution in [1.29, 1.82) is 0 Å². The minimum atomic E-state index is -3.03. The van der Waals surface area contributed by atoms with Crippen LogP contribution in [0.2, 0.25) is 0 Å². The summed E-state index contributed by atoms with van der Waals surface area (Å²) in [5, 5.41) is 0. The second-order valence-corrected chi connectivity index (χ2v) is 6.36. The van der Waals surface area contributed by atoms with E-state index < -0.39 is 9.84 Å². The van der Waals surface area contributed by atoms with Crippen LogP contribution in [0.15, 0.2) is 29.0 Å². The SMILES string of the molecule is CS(=O)(=O)Cc1cnc2c(Br)cccn12. The second-order valence-electron chi connectivity index (χ2n) is 3.37. The fraction of sp³-hybridized carbons (Fsp3) is 0.222. The molecule has 0 aliphatic rings. The molecule has 6 heteroatoms. The number of pyridine rings is 1. The van der Waals surface area contributed by atoms with Crippen LogP contribution in [0.1, 0.15) is 5.69 Å². The fourth-order valence-corrected chi connectivity index (χ4v) is 2.60. The van der Waals surface area contributed by atoms with E-state index in [4.69, 9.17) is 0 Å². The van der Waals surface area contributed by atoms with Gasteiger partial charge in [0.1, 0.15) is 0 Å². The van der Waals surface area contributed by atoms with Crippen molar-refractivity contribution < 1.29 is 8.42 Å². The number of halogens is 1. The van der Waals surface area contributed by atoms with Crippen LogP contribution in [0.5, 0.6) is 0 Å². The zero-order valence-corrected chi connectivity index (χ0v) is 10.4. The summed E-state index contributed by atoms with van der Waals surface area (Å²) in [6.45, 7) is 0. The maximum Gasteiger partial charge on any atom is 0.153 e. The number of nitrogens with zero attached hydrogens (tertiary/aromatic N) is 2. The molecular weight excluding hydrogens is 280 g/mol. The quantitative estimate of drug-likeness (QED) is 0.844. The van der Waals surface area contributed by atoms with Crippen LogP contribution >= 0.6 is 15.9 Å². The smallest absolute Gasteiger partial charge is 0.153 e. The minimum absolute atomic E-state index is 0.00458. The third-order valence-electron chi connectivity index (χ3n) is 1.97. The molecule has 0 spiro atoms. The summed E-state index contributed by atoms with van der Waals surface area (Å²) in [5.74, 6) is 0.00458. The van der Waals surface area contributed by atoms with Crippen molar-refractivity contribution in [3.8, 4) is 0 Å².